The molecule has 6 nitrogen and oxygen atoms in total. The van der Waals surface area contributed by atoms with Gasteiger partial charge in [-0.15, -0.1) is 0 Å². The molecular weight excluding hydrogens is 356 g/mol. The molecule has 0 aromatic heterocycles. The molecule has 0 atom stereocenters. The number of phenols is 1. The third-order valence-corrected chi connectivity index (χ3v) is 4.68. The molecule has 0 saturated heterocycles. The third-order valence-electron chi connectivity index (χ3n) is 3.47. The van der Waals surface area contributed by atoms with Crippen LogP contribution in [0.2, 0.25) is 0 Å². The first-order valence-corrected chi connectivity index (χ1v) is 9.48. The molecule has 7 heteroatoms. The van der Waals surface area contributed by atoms with E-state index in [0.29, 0.717) is 17.5 Å². The Balaban J connectivity index is 1.87. The second kappa shape index (κ2) is 9.17. The predicted octanol–water partition coefficient (Wildman–Crippen LogP) is 3.13. The maximum Gasteiger partial charge on any atom is 0.341 e. The zero-order chi connectivity index (χ0) is 19.0. The van der Waals surface area contributed by atoms with E-state index in [1.807, 2.05) is 6.07 Å². The van der Waals surface area contributed by atoms with Crippen molar-refractivity contribution in [3.8, 4) is 5.75 Å². The fraction of sp³-hybridized carbons (Fsp3) is 0.211. The molecule has 0 aliphatic heterocycles. The first kappa shape index (κ1) is 19.7. The molecule has 0 aliphatic carbocycles. The molecule has 138 valence electrons. The molecule has 0 bridgehead atoms. The molecule has 0 amide bonds. The molecule has 0 aliphatic rings. The van der Waals surface area contributed by atoms with E-state index in [9.17, 15) is 18.3 Å². The molecule has 2 rings (SSSR count). The Hall–Kier alpha value is -2.64. The van der Waals surface area contributed by atoms with Crippen LogP contribution in [0.3, 0.4) is 0 Å². The number of carbonyl (C=O) groups excluding carboxylic acids is 1. The van der Waals surface area contributed by atoms with Crippen LogP contribution in [-0.4, -0.2) is 33.2 Å². The molecule has 1 N–H and O–H groups in total. The van der Waals surface area contributed by atoms with E-state index in [0.717, 1.165) is 0 Å². The van der Waals surface area contributed by atoms with Crippen LogP contribution >= 0.6 is 0 Å². The standard InChI is InChI=1S/C19H20O6S/c1-24-19(21)17-13-15(10-11-18(17)20)7-5-6-12-25-26(22,23)14-16-8-3-2-4-9-16/h2-5,7-11,13,20H,6,12,14H2,1H3/b7-5+. The third kappa shape index (κ3) is 6.02. The SMILES string of the molecule is COC(=O)c1cc(/C=C/CCOS(=O)(=O)Cc2ccccc2)ccc1O. The van der Waals surface area contributed by atoms with Gasteiger partial charge in [0.05, 0.1) is 13.7 Å². The van der Waals surface area contributed by atoms with Crippen LogP contribution in [0.25, 0.3) is 6.08 Å². The number of ether oxygens (including phenoxy) is 1. The van der Waals surface area contributed by atoms with Crippen LogP contribution in [0.15, 0.2) is 54.6 Å². The average Bonchev–Trinajstić information content (AvgIpc) is 2.62. The van der Waals surface area contributed by atoms with Gasteiger partial charge in [0.15, 0.2) is 0 Å². The van der Waals surface area contributed by atoms with Gasteiger partial charge in [0, 0.05) is 0 Å². The molecule has 0 unspecified atom stereocenters. The highest BCUT2D eigenvalue weighted by Crippen LogP contribution is 2.20. The Bertz CT molecular complexity index is 872. The van der Waals surface area contributed by atoms with Crippen molar-refractivity contribution in [3.05, 3.63) is 71.3 Å². The van der Waals surface area contributed by atoms with Crippen LogP contribution in [0.5, 0.6) is 5.75 Å². The van der Waals surface area contributed by atoms with E-state index in [4.69, 9.17) is 4.18 Å². The summed E-state index contributed by atoms with van der Waals surface area (Å²) in [6.45, 7) is 0.0214. The zero-order valence-corrected chi connectivity index (χ0v) is 15.1. The largest absolute Gasteiger partial charge is 0.507 e. The molecule has 2 aromatic rings. The van der Waals surface area contributed by atoms with Gasteiger partial charge in [-0.3, -0.25) is 4.18 Å². The second-order valence-electron chi connectivity index (χ2n) is 5.47. The molecule has 0 spiro atoms. The van der Waals surface area contributed by atoms with Crippen molar-refractivity contribution in [3.63, 3.8) is 0 Å². The van der Waals surface area contributed by atoms with Crippen molar-refractivity contribution in [2.45, 2.75) is 12.2 Å². The first-order valence-electron chi connectivity index (χ1n) is 7.90. The van der Waals surface area contributed by atoms with Crippen molar-refractivity contribution in [2.24, 2.45) is 0 Å². The van der Waals surface area contributed by atoms with Gasteiger partial charge in [0.25, 0.3) is 10.1 Å². The van der Waals surface area contributed by atoms with Gasteiger partial charge in [0.1, 0.15) is 17.1 Å². The number of hydrogen-bond acceptors (Lipinski definition) is 6. The van der Waals surface area contributed by atoms with Gasteiger partial charge in [-0.2, -0.15) is 8.42 Å². The Kier molecular flexibility index (Phi) is 6.94. The summed E-state index contributed by atoms with van der Waals surface area (Å²) in [7, 11) is -2.40. The maximum absolute atomic E-state index is 11.9. The summed E-state index contributed by atoms with van der Waals surface area (Å²) in [5.74, 6) is -0.963. The molecule has 0 radical (unpaired) electrons. The van der Waals surface area contributed by atoms with Crippen molar-refractivity contribution in [2.75, 3.05) is 13.7 Å². The number of aromatic hydroxyl groups is 1. The lowest BCUT2D eigenvalue weighted by molar-refractivity contribution is 0.0597. The van der Waals surface area contributed by atoms with E-state index in [1.54, 1.807) is 42.5 Å². The van der Waals surface area contributed by atoms with Crippen LogP contribution in [0, 0.1) is 0 Å². The van der Waals surface area contributed by atoms with Gasteiger partial charge < -0.3 is 9.84 Å². The monoisotopic (exact) mass is 376 g/mol. The minimum absolute atomic E-state index is 0.0214. The minimum atomic E-state index is -3.63. The van der Waals surface area contributed by atoms with E-state index in [-0.39, 0.29) is 23.7 Å². The quantitative estimate of drug-likeness (QED) is 0.432. The predicted molar refractivity (Wildman–Crippen MR) is 98.1 cm³/mol. The van der Waals surface area contributed by atoms with Gasteiger partial charge in [0.2, 0.25) is 0 Å². The second-order valence-corrected chi connectivity index (χ2v) is 7.11. The summed E-state index contributed by atoms with van der Waals surface area (Å²) < 4.78 is 33.4. The summed E-state index contributed by atoms with van der Waals surface area (Å²) >= 11 is 0. The first-order chi connectivity index (χ1) is 12.4. The fourth-order valence-electron chi connectivity index (χ4n) is 2.21. The summed E-state index contributed by atoms with van der Waals surface area (Å²) in [5.41, 5.74) is 1.41. The number of methoxy groups -OCH3 is 1. The Labute approximate surface area is 152 Å². The number of phenolic OH excluding ortho intramolecular Hbond substituents is 1. The van der Waals surface area contributed by atoms with Gasteiger partial charge >= 0.3 is 5.97 Å². The van der Waals surface area contributed by atoms with E-state index >= 15 is 0 Å². The minimum Gasteiger partial charge on any atom is -0.507 e. The topological polar surface area (TPSA) is 89.9 Å². The molecule has 0 heterocycles. The van der Waals surface area contributed by atoms with Crippen LogP contribution < -0.4 is 0 Å². The van der Waals surface area contributed by atoms with Crippen LogP contribution in [0.1, 0.15) is 27.9 Å². The number of esters is 1. The lowest BCUT2D eigenvalue weighted by Crippen LogP contribution is -2.09. The van der Waals surface area contributed by atoms with Crippen molar-refractivity contribution in [1.82, 2.24) is 0 Å². The lowest BCUT2D eigenvalue weighted by atomic mass is 10.1. The Morgan fingerprint density at radius 2 is 1.88 bits per heavy atom. The van der Waals surface area contributed by atoms with Crippen molar-refractivity contribution < 1.29 is 27.2 Å². The highest BCUT2D eigenvalue weighted by molar-refractivity contribution is 7.85. The van der Waals surface area contributed by atoms with Gasteiger partial charge in [-0.1, -0.05) is 48.6 Å². The number of rotatable bonds is 8. The lowest BCUT2D eigenvalue weighted by Gasteiger charge is -2.05. The van der Waals surface area contributed by atoms with Gasteiger partial charge in [-0.05, 0) is 29.7 Å². The average molecular weight is 376 g/mol. The molecule has 2 aromatic carbocycles. The highest BCUT2D eigenvalue weighted by Gasteiger charge is 2.12. The number of carbonyl (C=O) groups is 1. The summed E-state index contributed by atoms with van der Waals surface area (Å²) in [6, 6.07) is 13.3. The molecule has 26 heavy (non-hydrogen) atoms. The molecule has 0 fully saturated rings. The Morgan fingerprint density at radius 3 is 2.58 bits per heavy atom. The van der Waals surface area contributed by atoms with E-state index in [1.165, 1.54) is 19.2 Å². The maximum atomic E-state index is 11.9. The smallest absolute Gasteiger partial charge is 0.341 e. The van der Waals surface area contributed by atoms with Crippen molar-refractivity contribution in [1.29, 1.82) is 0 Å². The summed E-state index contributed by atoms with van der Waals surface area (Å²) in [6.07, 6.45) is 3.81. The van der Waals surface area contributed by atoms with E-state index < -0.39 is 16.1 Å². The fourth-order valence-corrected chi connectivity index (χ4v) is 3.25. The van der Waals surface area contributed by atoms with E-state index in [2.05, 4.69) is 4.74 Å². The van der Waals surface area contributed by atoms with Gasteiger partial charge in [-0.25, -0.2) is 4.79 Å². The molecule has 0 saturated carbocycles. The van der Waals surface area contributed by atoms with Crippen LogP contribution in [0.4, 0.5) is 0 Å². The zero-order valence-electron chi connectivity index (χ0n) is 14.3. The summed E-state index contributed by atoms with van der Waals surface area (Å²) in [4.78, 5) is 11.5. The number of benzene rings is 2. The normalized spacial score (nSPS) is 11.6. The highest BCUT2D eigenvalue weighted by atomic mass is 32.2. The van der Waals surface area contributed by atoms with Crippen LogP contribution in [-0.2, 0) is 24.8 Å². The molecular formula is C19H20O6S. The number of hydrogen-bond donors (Lipinski definition) is 1. The summed E-state index contributed by atoms with van der Waals surface area (Å²) in [5, 5.41) is 9.65. The van der Waals surface area contributed by atoms with Crippen molar-refractivity contribution >= 4 is 22.2 Å². The Morgan fingerprint density at radius 1 is 1.15 bits per heavy atom.